The Labute approximate surface area is 115 Å². The number of nitrogens with one attached hydrogen (secondary N) is 1. The third-order valence-corrected chi connectivity index (χ3v) is 3.40. The summed E-state index contributed by atoms with van der Waals surface area (Å²) >= 11 is 4.99. The maximum absolute atomic E-state index is 12.9. The molecule has 0 spiro atoms. The van der Waals surface area contributed by atoms with Crippen molar-refractivity contribution >= 4 is 23.1 Å². The van der Waals surface area contributed by atoms with Crippen molar-refractivity contribution in [2.24, 2.45) is 5.73 Å². The summed E-state index contributed by atoms with van der Waals surface area (Å²) in [5.74, 6) is 0.661. The highest BCUT2D eigenvalue weighted by molar-refractivity contribution is 7.80. The number of nitrogens with two attached hydrogens (primary N) is 1. The van der Waals surface area contributed by atoms with Gasteiger partial charge in [-0.15, -0.1) is 0 Å². The van der Waals surface area contributed by atoms with Gasteiger partial charge in [0.25, 0.3) is 0 Å². The third kappa shape index (κ3) is 2.19. The van der Waals surface area contributed by atoms with Crippen molar-refractivity contribution in [2.75, 3.05) is 11.9 Å². The number of nitrogens with zero attached hydrogens (tertiary/aromatic N) is 2. The third-order valence-electron chi connectivity index (χ3n) is 3.23. The first-order valence-electron chi connectivity index (χ1n) is 6.04. The Morgan fingerprint density at radius 3 is 2.84 bits per heavy atom. The Morgan fingerprint density at radius 1 is 1.42 bits per heavy atom. The molecule has 2 aromatic rings. The Balaban J connectivity index is 1.95. The lowest BCUT2D eigenvalue weighted by Gasteiger charge is -2.02. The van der Waals surface area contributed by atoms with E-state index in [1.807, 2.05) is 0 Å². The summed E-state index contributed by atoms with van der Waals surface area (Å²) in [5, 5.41) is 7.91. The van der Waals surface area contributed by atoms with E-state index in [0.29, 0.717) is 6.42 Å². The van der Waals surface area contributed by atoms with Crippen LogP contribution in [-0.2, 0) is 12.8 Å². The molecule has 3 rings (SSSR count). The molecule has 3 N–H and O–H groups in total. The Kier molecular flexibility index (Phi) is 2.94. The molecule has 1 aromatic carbocycles. The van der Waals surface area contributed by atoms with Gasteiger partial charge in [0.15, 0.2) is 5.11 Å². The molecule has 0 fully saturated rings. The highest BCUT2D eigenvalue weighted by atomic mass is 32.1. The van der Waals surface area contributed by atoms with E-state index in [4.69, 9.17) is 18.0 Å². The SMILES string of the molecule is NC(=S)n1nc(Cc2ccc(F)cc2)c2c1NCC2. The minimum Gasteiger partial charge on any atom is -0.374 e. The summed E-state index contributed by atoms with van der Waals surface area (Å²) in [6.07, 6.45) is 1.56. The van der Waals surface area contributed by atoms with Crippen LogP contribution in [-0.4, -0.2) is 21.4 Å². The zero-order chi connectivity index (χ0) is 13.4. The number of fused-ring (bicyclic) bond motifs is 1. The zero-order valence-electron chi connectivity index (χ0n) is 10.2. The van der Waals surface area contributed by atoms with Crippen LogP contribution in [0.4, 0.5) is 10.2 Å². The van der Waals surface area contributed by atoms with Gasteiger partial charge in [-0.1, -0.05) is 12.1 Å². The molecule has 0 atom stereocenters. The molecule has 0 aliphatic carbocycles. The van der Waals surface area contributed by atoms with Crippen LogP contribution in [0.3, 0.4) is 0 Å². The molecule has 1 aliphatic rings. The summed E-state index contributed by atoms with van der Waals surface area (Å²) in [7, 11) is 0. The summed E-state index contributed by atoms with van der Waals surface area (Å²) in [4.78, 5) is 0. The van der Waals surface area contributed by atoms with Crippen LogP contribution < -0.4 is 11.1 Å². The molecule has 0 saturated carbocycles. The molecular weight excluding hydrogens is 263 g/mol. The highest BCUT2D eigenvalue weighted by Gasteiger charge is 2.23. The van der Waals surface area contributed by atoms with Gasteiger partial charge in [-0.2, -0.15) is 9.78 Å². The van der Waals surface area contributed by atoms with Crippen molar-refractivity contribution in [3.8, 4) is 0 Å². The van der Waals surface area contributed by atoms with Crippen molar-refractivity contribution in [1.29, 1.82) is 0 Å². The van der Waals surface area contributed by atoms with Crippen LogP contribution in [0.1, 0.15) is 16.8 Å². The van der Waals surface area contributed by atoms with Crippen molar-refractivity contribution in [3.63, 3.8) is 0 Å². The Morgan fingerprint density at radius 2 is 2.16 bits per heavy atom. The van der Waals surface area contributed by atoms with Crippen LogP contribution in [0, 0.1) is 5.82 Å². The first kappa shape index (κ1) is 12.1. The normalized spacial score (nSPS) is 13.1. The van der Waals surface area contributed by atoms with Gasteiger partial charge in [0.1, 0.15) is 11.6 Å². The van der Waals surface area contributed by atoms with Gasteiger partial charge in [0.2, 0.25) is 0 Å². The van der Waals surface area contributed by atoms with Gasteiger partial charge in [-0.05, 0) is 36.3 Å². The quantitative estimate of drug-likeness (QED) is 0.819. The molecule has 19 heavy (non-hydrogen) atoms. The number of halogens is 1. The molecule has 0 saturated heterocycles. The molecule has 1 aliphatic heterocycles. The number of rotatable bonds is 2. The minimum absolute atomic E-state index is 0.232. The number of aromatic nitrogens is 2. The topological polar surface area (TPSA) is 55.9 Å². The van der Waals surface area contributed by atoms with E-state index >= 15 is 0 Å². The van der Waals surface area contributed by atoms with Crippen molar-refractivity contribution < 1.29 is 4.39 Å². The van der Waals surface area contributed by atoms with Gasteiger partial charge in [-0.3, -0.25) is 0 Å². The molecule has 0 amide bonds. The van der Waals surface area contributed by atoms with Crippen LogP contribution >= 0.6 is 12.2 Å². The van der Waals surface area contributed by atoms with Crippen molar-refractivity contribution in [3.05, 3.63) is 46.9 Å². The smallest absolute Gasteiger partial charge is 0.193 e. The number of anilines is 1. The maximum Gasteiger partial charge on any atom is 0.193 e. The lowest BCUT2D eigenvalue weighted by Crippen LogP contribution is -2.22. The summed E-state index contributed by atoms with van der Waals surface area (Å²) in [5.41, 5.74) is 8.77. The molecule has 4 nitrogen and oxygen atoms in total. The maximum atomic E-state index is 12.9. The fraction of sp³-hybridized carbons (Fsp3) is 0.231. The monoisotopic (exact) mass is 276 g/mol. The van der Waals surface area contributed by atoms with E-state index in [1.54, 1.807) is 16.8 Å². The second kappa shape index (κ2) is 4.62. The number of thiocarbonyl (C=S) groups is 1. The molecule has 98 valence electrons. The van der Waals surface area contributed by atoms with Crippen LogP contribution in [0.2, 0.25) is 0 Å². The standard InChI is InChI=1S/C13H13FN4S/c14-9-3-1-8(2-4-9)7-11-10-5-6-16-12(10)18(17-11)13(15)19/h1-4,16H,5-7H2,(H2,15,19). The van der Waals surface area contributed by atoms with Gasteiger partial charge in [-0.25, -0.2) is 4.39 Å². The van der Waals surface area contributed by atoms with E-state index in [0.717, 1.165) is 35.6 Å². The number of hydrogen-bond acceptors (Lipinski definition) is 3. The highest BCUT2D eigenvalue weighted by Crippen LogP contribution is 2.27. The van der Waals surface area contributed by atoms with Gasteiger partial charge < -0.3 is 11.1 Å². The van der Waals surface area contributed by atoms with Gasteiger partial charge in [0, 0.05) is 18.5 Å². The molecule has 0 unspecified atom stereocenters. The molecule has 2 heterocycles. The molecule has 0 bridgehead atoms. The van der Waals surface area contributed by atoms with E-state index in [1.165, 1.54) is 12.1 Å². The predicted octanol–water partition coefficient (Wildman–Crippen LogP) is 1.67. The molecule has 1 aromatic heterocycles. The first-order valence-corrected chi connectivity index (χ1v) is 6.45. The zero-order valence-corrected chi connectivity index (χ0v) is 11.0. The predicted molar refractivity (Wildman–Crippen MR) is 75.8 cm³/mol. The Hall–Kier alpha value is -1.95. The molecule has 6 heteroatoms. The summed E-state index contributed by atoms with van der Waals surface area (Å²) in [6.45, 7) is 0.867. The summed E-state index contributed by atoms with van der Waals surface area (Å²) < 4.78 is 14.5. The van der Waals surface area contributed by atoms with E-state index < -0.39 is 0 Å². The largest absolute Gasteiger partial charge is 0.374 e. The van der Waals surface area contributed by atoms with Crippen molar-refractivity contribution in [1.82, 2.24) is 9.78 Å². The number of benzene rings is 1. The van der Waals surface area contributed by atoms with Crippen LogP contribution in [0.15, 0.2) is 24.3 Å². The minimum atomic E-state index is -0.232. The average Bonchev–Trinajstić information content (AvgIpc) is 2.95. The molecular formula is C13H13FN4S. The van der Waals surface area contributed by atoms with Gasteiger partial charge >= 0.3 is 0 Å². The Bertz CT molecular complexity index is 633. The van der Waals surface area contributed by atoms with Crippen LogP contribution in [0.5, 0.6) is 0 Å². The number of hydrogen-bond donors (Lipinski definition) is 2. The fourth-order valence-electron chi connectivity index (χ4n) is 2.34. The molecule has 0 radical (unpaired) electrons. The lowest BCUT2D eigenvalue weighted by molar-refractivity contribution is 0.627. The van der Waals surface area contributed by atoms with E-state index in [-0.39, 0.29) is 10.9 Å². The van der Waals surface area contributed by atoms with Gasteiger partial charge in [0.05, 0.1) is 5.69 Å². The average molecular weight is 276 g/mol. The second-order valence-corrected chi connectivity index (χ2v) is 4.92. The van der Waals surface area contributed by atoms with E-state index in [9.17, 15) is 4.39 Å². The first-order chi connectivity index (χ1) is 9.15. The fourth-order valence-corrected chi connectivity index (χ4v) is 2.47. The second-order valence-electron chi connectivity index (χ2n) is 4.50. The lowest BCUT2D eigenvalue weighted by atomic mass is 10.1. The van der Waals surface area contributed by atoms with Crippen LogP contribution in [0.25, 0.3) is 0 Å². The van der Waals surface area contributed by atoms with E-state index in [2.05, 4.69) is 10.4 Å². The summed E-state index contributed by atoms with van der Waals surface area (Å²) in [6, 6.07) is 6.45. The van der Waals surface area contributed by atoms with Crippen molar-refractivity contribution in [2.45, 2.75) is 12.8 Å².